The maximum Gasteiger partial charge on any atom is 0.241 e. The van der Waals surface area contributed by atoms with E-state index in [0.29, 0.717) is 17.0 Å². The molecule has 0 aliphatic heterocycles. The van der Waals surface area contributed by atoms with Crippen LogP contribution in [0.1, 0.15) is 31.2 Å². The van der Waals surface area contributed by atoms with Crippen molar-refractivity contribution in [2.45, 2.75) is 25.0 Å². The lowest BCUT2D eigenvalue weighted by Gasteiger charge is -2.19. The Hall–Kier alpha value is -4.04. The van der Waals surface area contributed by atoms with E-state index >= 15 is 0 Å². The van der Waals surface area contributed by atoms with Crippen molar-refractivity contribution in [1.82, 2.24) is 24.7 Å². The first-order valence-corrected chi connectivity index (χ1v) is 11.5. The second-order valence-electron chi connectivity index (χ2n) is 7.45. The predicted octanol–water partition coefficient (Wildman–Crippen LogP) is 4.14. The molecule has 0 aliphatic rings. The van der Waals surface area contributed by atoms with Crippen LogP contribution in [0.4, 0.5) is 14.7 Å². The second kappa shape index (κ2) is 9.84. The number of benzene rings is 2. The first-order valence-electron chi connectivity index (χ1n) is 10.2. The van der Waals surface area contributed by atoms with Gasteiger partial charge in [-0.15, -0.1) is 10.2 Å². The van der Waals surface area contributed by atoms with Gasteiger partial charge >= 0.3 is 0 Å². The number of hydrogen-bond acceptors (Lipinski definition) is 6. The molecule has 3 unspecified atom stereocenters. The van der Waals surface area contributed by atoms with Gasteiger partial charge < -0.3 is 0 Å². The highest BCUT2D eigenvalue weighted by molar-refractivity contribution is 7.87. The number of nitrogens with zero attached hydrogens (tertiary/aromatic N) is 6. The van der Waals surface area contributed by atoms with Gasteiger partial charge in [-0.1, -0.05) is 43.3 Å². The minimum atomic E-state index is -1.76. The summed E-state index contributed by atoms with van der Waals surface area (Å²) in [5, 5.41) is 16.5. The van der Waals surface area contributed by atoms with Gasteiger partial charge in [-0.05, 0) is 19.1 Å². The van der Waals surface area contributed by atoms with Crippen LogP contribution in [0.15, 0.2) is 60.9 Å². The lowest BCUT2D eigenvalue weighted by atomic mass is 10.1. The summed E-state index contributed by atoms with van der Waals surface area (Å²) in [5.74, 6) is -1.50. The maximum atomic E-state index is 14.7. The molecule has 34 heavy (non-hydrogen) atoms. The maximum absolute atomic E-state index is 14.7. The molecule has 0 spiro atoms. The van der Waals surface area contributed by atoms with Gasteiger partial charge in [0.15, 0.2) is 5.82 Å². The van der Waals surface area contributed by atoms with Crippen molar-refractivity contribution in [3.63, 3.8) is 0 Å². The fourth-order valence-corrected chi connectivity index (χ4v) is 4.24. The van der Waals surface area contributed by atoms with Crippen LogP contribution in [0.3, 0.4) is 0 Å². The van der Waals surface area contributed by atoms with Gasteiger partial charge in [0.1, 0.15) is 40.2 Å². The second-order valence-corrected chi connectivity index (χ2v) is 9.00. The molecule has 8 nitrogen and oxygen atoms in total. The molecule has 0 bridgehead atoms. The number of rotatable bonds is 7. The third-order valence-corrected chi connectivity index (χ3v) is 6.77. The van der Waals surface area contributed by atoms with Gasteiger partial charge in [0.2, 0.25) is 5.95 Å². The van der Waals surface area contributed by atoms with E-state index in [9.17, 15) is 13.0 Å². The van der Waals surface area contributed by atoms with Crippen molar-refractivity contribution < 1.29 is 13.0 Å². The van der Waals surface area contributed by atoms with Crippen molar-refractivity contribution in [2.75, 3.05) is 4.72 Å². The van der Waals surface area contributed by atoms with Crippen LogP contribution in [-0.2, 0) is 11.0 Å². The monoisotopic (exact) mass is 479 g/mol. The highest BCUT2D eigenvalue weighted by Crippen LogP contribution is 2.29. The number of para-hydroxylation sites is 1. The average Bonchev–Trinajstić information content (AvgIpc) is 3.26. The summed E-state index contributed by atoms with van der Waals surface area (Å²) < 4.78 is 46.6. The third kappa shape index (κ3) is 4.53. The minimum absolute atomic E-state index is 0.0824. The molecule has 2 heterocycles. The number of halogens is 2. The van der Waals surface area contributed by atoms with Crippen LogP contribution < -0.4 is 4.72 Å². The fraction of sp³-hybridized carbons (Fsp3) is 0.174. The molecule has 172 valence electrons. The zero-order valence-corrected chi connectivity index (χ0v) is 19.0. The first-order chi connectivity index (χ1) is 16.4. The molecule has 11 heteroatoms. The van der Waals surface area contributed by atoms with Gasteiger partial charge in [0, 0.05) is 23.9 Å². The van der Waals surface area contributed by atoms with E-state index in [1.807, 2.05) is 6.07 Å². The van der Waals surface area contributed by atoms with E-state index in [4.69, 9.17) is 5.26 Å². The van der Waals surface area contributed by atoms with Crippen molar-refractivity contribution >= 4 is 16.9 Å². The van der Waals surface area contributed by atoms with E-state index in [-0.39, 0.29) is 23.4 Å². The van der Waals surface area contributed by atoms with Gasteiger partial charge in [-0.3, -0.25) is 9.29 Å². The molecular weight excluding hydrogens is 460 g/mol. The summed E-state index contributed by atoms with van der Waals surface area (Å²) >= 11 is 0. The van der Waals surface area contributed by atoms with Gasteiger partial charge in [0.05, 0.1) is 10.8 Å². The third-order valence-electron chi connectivity index (χ3n) is 5.30. The molecule has 0 saturated carbocycles. The molecule has 0 saturated heterocycles. The summed E-state index contributed by atoms with van der Waals surface area (Å²) in [6.07, 6.45) is 2.79. The largest absolute Gasteiger partial charge is 0.273 e. The molecule has 2 aromatic heterocycles. The number of hydrogen-bond donors (Lipinski definition) is 1. The lowest BCUT2D eigenvalue weighted by molar-refractivity contribution is 0.570. The zero-order valence-electron chi connectivity index (χ0n) is 18.2. The standard InChI is InChI=1S/C23H19F2N7OS/c1-14(21-27-12-16(11-26)13-28-21)15(2)34(33)31-23-30-29-22(17-7-4-3-5-8-17)32(23)20-18(24)9-6-10-19(20)25/h3-10,12-15H,1-2H3,(H,30,31). The molecule has 0 fully saturated rings. The normalized spacial score (nSPS) is 13.6. The van der Waals surface area contributed by atoms with Gasteiger partial charge in [0.25, 0.3) is 0 Å². The Morgan fingerprint density at radius 2 is 1.65 bits per heavy atom. The van der Waals surface area contributed by atoms with Gasteiger partial charge in [-0.2, -0.15) is 5.26 Å². The topological polar surface area (TPSA) is 109 Å². The van der Waals surface area contributed by atoms with Crippen LogP contribution in [0, 0.1) is 23.0 Å². The SMILES string of the molecule is CC(c1ncc(C#N)cn1)C(C)S(=O)Nc1nnc(-c2ccccc2)n1-c1c(F)cccc1F. The first kappa shape index (κ1) is 23.1. The smallest absolute Gasteiger partial charge is 0.241 e. The van der Waals surface area contributed by atoms with Crippen LogP contribution in [0.2, 0.25) is 0 Å². The fourth-order valence-electron chi connectivity index (χ4n) is 3.25. The van der Waals surface area contributed by atoms with Crippen LogP contribution in [0.25, 0.3) is 17.1 Å². The van der Waals surface area contributed by atoms with Crippen LogP contribution in [-0.4, -0.2) is 34.2 Å². The Morgan fingerprint density at radius 1 is 1.00 bits per heavy atom. The Morgan fingerprint density at radius 3 is 2.26 bits per heavy atom. The minimum Gasteiger partial charge on any atom is -0.273 e. The number of aromatic nitrogens is 5. The Kier molecular flexibility index (Phi) is 6.70. The van der Waals surface area contributed by atoms with Crippen molar-refractivity contribution in [1.29, 1.82) is 5.26 Å². The lowest BCUT2D eigenvalue weighted by Crippen LogP contribution is -2.26. The molecule has 1 N–H and O–H groups in total. The molecule has 4 rings (SSSR count). The van der Waals surface area contributed by atoms with E-state index in [1.165, 1.54) is 23.0 Å². The van der Waals surface area contributed by atoms with E-state index in [1.54, 1.807) is 44.2 Å². The van der Waals surface area contributed by atoms with Crippen molar-refractivity contribution in [3.05, 3.63) is 83.9 Å². The van der Waals surface area contributed by atoms with Crippen LogP contribution in [0.5, 0.6) is 0 Å². The Balaban J connectivity index is 1.70. The van der Waals surface area contributed by atoms with Crippen molar-refractivity contribution in [3.8, 4) is 23.1 Å². The number of nitriles is 1. The molecule has 0 amide bonds. The molecule has 0 radical (unpaired) electrons. The average molecular weight is 480 g/mol. The molecule has 3 atom stereocenters. The Labute approximate surface area is 196 Å². The van der Waals surface area contributed by atoms with E-state index in [0.717, 1.165) is 12.1 Å². The molecule has 2 aromatic carbocycles. The molecule has 0 aliphatic carbocycles. The number of nitrogens with one attached hydrogen (secondary N) is 1. The molecule has 4 aromatic rings. The predicted molar refractivity (Wildman–Crippen MR) is 123 cm³/mol. The quantitative estimate of drug-likeness (QED) is 0.427. The summed E-state index contributed by atoms with van der Waals surface area (Å²) in [4.78, 5) is 8.33. The summed E-state index contributed by atoms with van der Waals surface area (Å²) in [7, 11) is -1.76. The van der Waals surface area contributed by atoms with E-state index in [2.05, 4.69) is 24.9 Å². The number of anilines is 1. The van der Waals surface area contributed by atoms with Crippen LogP contribution >= 0.6 is 0 Å². The summed E-state index contributed by atoms with van der Waals surface area (Å²) in [5.41, 5.74) is 0.502. The summed E-state index contributed by atoms with van der Waals surface area (Å²) in [6, 6.07) is 14.2. The Bertz CT molecular complexity index is 1350. The summed E-state index contributed by atoms with van der Waals surface area (Å²) in [6.45, 7) is 3.51. The highest BCUT2D eigenvalue weighted by atomic mass is 32.2. The molecular formula is C23H19F2N7OS. The van der Waals surface area contributed by atoms with E-state index < -0.39 is 27.9 Å². The zero-order chi connectivity index (χ0) is 24.2. The van der Waals surface area contributed by atoms with Crippen molar-refractivity contribution in [2.24, 2.45) is 0 Å². The van der Waals surface area contributed by atoms with Gasteiger partial charge in [-0.25, -0.2) is 23.0 Å². The highest BCUT2D eigenvalue weighted by Gasteiger charge is 2.27.